The number of aromatic nitrogens is 2. The van der Waals surface area contributed by atoms with E-state index in [1.165, 1.54) is 15.9 Å². The second-order valence-electron chi connectivity index (χ2n) is 6.58. The summed E-state index contributed by atoms with van der Waals surface area (Å²) in [5.41, 5.74) is 0.620. The van der Waals surface area contributed by atoms with Crippen LogP contribution in [0.4, 0.5) is 5.82 Å². The largest absolute Gasteiger partial charge is 0.497 e. The highest BCUT2D eigenvalue weighted by Crippen LogP contribution is 2.20. The van der Waals surface area contributed by atoms with Crippen molar-refractivity contribution in [3.63, 3.8) is 0 Å². The quantitative estimate of drug-likeness (QED) is 0.783. The number of hydrazone groups is 1. The molecule has 0 spiro atoms. The summed E-state index contributed by atoms with van der Waals surface area (Å²) >= 11 is 0. The highest BCUT2D eigenvalue weighted by Gasteiger charge is 2.35. The van der Waals surface area contributed by atoms with Gasteiger partial charge in [0.1, 0.15) is 29.1 Å². The van der Waals surface area contributed by atoms with E-state index in [1.54, 1.807) is 51.4 Å². The molecular weight excluding hydrogens is 390 g/mol. The monoisotopic (exact) mass is 409 g/mol. The molecule has 1 aromatic heterocycles. The standard InChI is InChI=1S/C19H19N7O4/c1-11-8-15(21-16(27)10-30-13-6-4-12(29-3)5-7-13)26(24-11)19-22-17-14(18(28)23-19)9-20-25(17)2/h4-9,14H,10H2,1-3H3,(H,21,27). The van der Waals surface area contributed by atoms with Crippen molar-refractivity contribution >= 4 is 35.6 Å². The molecule has 0 bridgehead atoms. The number of hydrogen-bond acceptors (Lipinski definition) is 8. The topological polar surface area (TPSA) is 123 Å². The zero-order valence-corrected chi connectivity index (χ0v) is 16.6. The van der Waals surface area contributed by atoms with Crippen molar-refractivity contribution in [1.29, 1.82) is 0 Å². The number of carbonyl (C=O) groups is 2. The fourth-order valence-electron chi connectivity index (χ4n) is 2.94. The Kier molecular flexibility index (Phi) is 5.00. The van der Waals surface area contributed by atoms with Crippen LogP contribution < -0.4 is 14.8 Å². The van der Waals surface area contributed by atoms with E-state index in [-0.39, 0.29) is 12.6 Å². The number of methoxy groups -OCH3 is 1. The van der Waals surface area contributed by atoms with E-state index in [0.717, 1.165) is 0 Å². The van der Waals surface area contributed by atoms with Crippen LogP contribution in [0.5, 0.6) is 11.5 Å². The molecule has 30 heavy (non-hydrogen) atoms. The first-order valence-electron chi connectivity index (χ1n) is 9.07. The van der Waals surface area contributed by atoms with Gasteiger partial charge < -0.3 is 14.8 Å². The van der Waals surface area contributed by atoms with E-state index in [1.807, 2.05) is 0 Å². The lowest BCUT2D eigenvalue weighted by Gasteiger charge is -2.17. The number of aliphatic imine (C=N–C) groups is 2. The molecule has 1 atom stereocenters. The molecule has 4 rings (SSSR count). The highest BCUT2D eigenvalue weighted by atomic mass is 16.5. The molecule has 3 heterocycles. The maximum absolute atomic E-state index is 12.4. The van der Waals surface area contributed by atoms with Crippen molar-refractivity contribution in [2.75, 3.05) is 26.1 Å². The van der Waals surface area contributed by atoms with E-state index >= 15 is 0 Å². The summed E-state index contributed by atoms with van der Waals surface area (Å²) < 4.78 is 11.9. The normalized spacial score (nSPS) is 17.4. The van der Waals surface area contributed by atoms with Gasteiger partial charge in [0.05, 0.1) is 12.8 Å². The number of ether oxygens (including phenoxy) is 2. The Balaban J connectivity index is 1.47. The third kappa shape index (κ3) is 3.77. The average molecular weight is 409 g/mol. The molecule has 1 aromatic carbocycles. The maximum atomic E-state index is 12.4. The van der Waals surface area contributed by atoms with E-state index in [2.05, 4.69) is 25.5 Å². The Morgan fingerprint density at radius 2 is 1.93 bits per heavy atom. The summed E-state index contributed by atoms with van der Waals surface area (Å²) in [6.45, 7) is 1.54. The molecule has 0 aliphatic carbocycles. The van der Waals surface area contributed by atoms with Gasteiger partial charge in [0, 0.05) is 19.3 Å². The minimum Gasteiger partial charge on any atom is -0.497 e. The van der Waals surface area contributed by atoms with Gasteiger partial charge in [0.2, 0.25) is 0 Å². The summed E-state index contributed by atoms with van der Waals surface area (Å²) in [6, 6.07) is 8.53. The molecule has 2 amide bonds. The molecule has 0 radical (unpaired) electrons. The predicted molar refractivity (Wildman–Crippen MR) is 109 cm³/mol. The molecule has 2 aliphatic heterocycles. The Hall–Kier alpha value is -4.02. The fraction of sp³-hybridized carbons (Fsp3) is 0.263. The molecular formula is C19H19N7O4. The van der Waals surface area contributed by atoms with Crippen molar-refractivity contribution in [3.05, 3.63) is 36.0 Å². The van der Waals surface area contributed by atoms with E-state index < -0.39 is 17.7 Å². The third-order valence-electron chi connectivity index (χ3n) is 4.41. The molecule has 1 unspecified atom stereocenters. The van der Waals surface area contributed by atoms with E-state index in [9.17, 15) is 9.59 Å². The van der Waals surface area contributed by atoms with Gasteiger partial charge in [-0.25, -0.2) is 0 Å². The zero-order chi connectivity index (χ0) is 21.3. The molecule has 2 aliphatic rings. The number of carbonyl (C=O) groups excluding carboxylic acids is 2. The van der Waals surface area contributed by atoms with Crippen LogP contribution in [0.25, 0.3) is 0 Å². The third-order valence-corrected chi connectivity index (χ3v) is 4.41. The van der Waals surface area contributed by atoms with Crippen molar-refractivity contribution < 1.29 is 19.1 Å². The Morgan fingerprint density at radius 1 is 1.20 bits per heavy atom. The molecule has 0 fully saturated rings. The number of hydrogen-bond donors (Lipinski definition) is 1. The van der Waals surface area contributed by atoms with Crippen LogP contribution in [-0.4, -0.2) is 65.4 Å². The van der Waals surface area contributed by atoms with Gasteiger partial charge in [0.25, 0.3) is 17.8 Å². The molecule has 2 aromatic rings. The highest BCUT2D eigenvalue weighted by molar-refractivity contribution is 6.24. The van der Waals surface area contributed by atoms with Crippen molar-refractivity contribution in [3.8, 4) is 11.5 Å². The number of benzene rings is 1. The molecule has 0 saturated carbocycles. The SMILES string of the molecule is COc1ccc(OCC(=O)Nc2cc(C)nn2C2=NC(=O)C3C=NN(C)C3=N2)cc1. The summed E-state index contributed by atoms with van der Waals surface area (Å²) in [7, 11) is 3.26. The van der Waals surface area contributed by atoms with Gasteiger partial charge in [-0.1, -0.05) is 0 Å². The van der Waals surface area contributed by atoms with Crippen molar-refractivity contribution in [2.24, 2.45) is 21.0 Å². The molecule has 11 nitrogen and oxygen atoms in total. The number of aryl methyl sites for hydroxylation is 1. The van der Waals surface area contributed by atoms with Crippen LogP contribution in [0.2, 0.25) is 0 Å². The Bertz CT molecular complexity index is 1080. The summed E-state index contributed by atoms with van der Waals surface area (Å²) in [6.07, 6.45) is 1.50. The first-order chi connectivity index (χ1) is 14.4. The van der Waals surface area contributed by atoms with Gasteiger partial charge in [-0.15, -0.1) is 0 Å². The van der Waals surface area contributed by atoms with Crippen LogP contribution in [0, 0.1) is 12.8 Å². The van der Waals surface area contributed by atoms with Crippen molar-refractivity contribution in [1.82, 2.24) is 14.8 Å². The van der Waals surface area contributed by atoms with Gasteiger partial charge >= 0.3 is 0 Å². The lowest BCUT2D eigenvalue weighted by atomic mass is 10.1. The summed E-state index contributed by atoms with van der Waals surface area (Å²) in [4.78, 5) is 33.1. The number of amidine groups is 1. The zero-order valence-electron chi connectivity index (χ0n) is 16.6. The van der Waals surface area contributed by atoms with Crippen LogP contribution in [0.3, 0.4) is 0 Å². The first kappa shape index (κ1) is 19.3. The minimum absolute atomic E-state index is 0.0584. The molecule has 154 valence electrons. The second kappa shape index (κ2) is 7.78. The lowest BCUT2D eigenvalue weighted by Crippen LogP contribution is -2.35. The van der Waals surface area contributed by atoms with Gasteiger partial charge in [-0.05, 0) is 31.2 Å². The van der Waals surface area contributed by atoms with Gasteiger partial charge in [0.15, 0.2) is 6.61 Å². The first-order valence-corrected chi connectivity index (χ1v) is 9.07. The minimum atomic E-state index is -0.591. The van der Waals surface area contributed by atoms with Crippen LogP contribution in [0.15, 0.2) is 45.4 Å². The number of anilines is 1. The summed E-state index contributed by atoms with van der Waals surface area (Å²) in [5.74, 6) is 0.674. The Morgan fingerprint density at radius 3 is 2.67 bits per heavy atom. The predicted octanol–water partition coefficient (Wildman–Crippen LogP) is 0.908. The molecule has 1 N–H and O–H groups in total. The van der Waals surface area contributed by atoms with Gasteiger partial charge in [-0.2, -0.15) is 24.9 Å². The van der Waals surface area contributed by atoms with Crippen LogP contribution in [-0.2, 0) is 9.59 Å². The smallest absolute Gasteiger partial charge is 0.265 e. The number of rotatable bonds is 5. The number of amides is 2. The van der Waals surface area contributed by atoms with E-state index in [0.29, 0.717) is 28.8 Å². The van der Waals surface area contributed by atoms with Gasteiger partial charge in [-0.3, -0.25) is 14.6 Å². The number of nitrogens with one attached hydrogen (secondary N) is 1. The van der Waals surface area contributed by atoms with Crippen LogP contribution >= 0.6 is 0 Å². The molecule has 11 heteroatoms. The average Bonchev–Trinajstić information content (AvgIpc) is 3.29. The fourth-order valence-corrected chi connectivity index (χ4v) is 2.94. The number of fused-ring (bicyclic) bond motifs is 1. The van der Waals surface area contributed by atoms with Crippen molar-refractivity contribution in [2.45, 2.75) is 6.92 Å². The molecule has 0 saturated heterocycles. The van der Waals surface area contributed by atoms with E-state index in [4.69, 9.17) is 9.47 Å². The number of nitrogens with zero attached hydrogens (tertiary/aromatic N) is 6. The summed E-state index contributed by atoms with van der Waals surface area (Å²) in [5, 5.41) is 12.6. The lowest BCUT2D eigenvalue weighted by molar-refractivity contribution is -0.118. The Labute approximate surface area is 171 Å². The van der Waals surface area contributed by atoms with Crippen LogP contribution in [0.1, 0.15) is 5.69 Å². The second-order valence-corrected chi connectivity index (χ2v) is 6.58. The maximum Gasteiger partial charge on any atom is 0.265 e.